The molecule has 3 amide bonds. The quantitative estimate of drug-likeness (QED) is 0.742. The number of carbonyl (C=O) groups excluding carboxylic acids is 2. The zero-order valence-corrected chi connectivity index (χ0v) is 14.1. The van der Waals surface area contributed by atoms with Crippen LogP contribution in [0.4, 0.5) is 4.79 Å². The minimum Gasteiger partial charge on any atom is -0.322 e. The second kappa shape index (κ2) is 5.74. The van der Waals surface area contributed by atoms with Crippen molar-refractivity contribution in [2.24, 2.45) is 0 Å². The van der Waals surface area contributed by atoms with Crippen LogP contribution in [0.1, 0.15) is 23.6 Å². The molecule has 128 valence electrons. The fraction of sp³-hybridized carbons (Fsp3) is 0.150. The number of rotatable bonds is 3. The molecule has 1 N–H and O–H groups in total. The Labute approximate surface area is 150 Å². The molecule has 26 heavy (non-hydrogen) atoms. The van der Waals surface area contributed by atoms with Crippen molar-refractivity contribution in [1.82, 2.24) is 14.6 Å². The summed E-state index contributed by atoms with van der Waals surface area (Å²) in [5, 5.41) is 12.3. The van der Waals surface area contributed by atoms with Crippen molar-refractivity contribution >= 4 is 17.5 Å². The summed E-state index contributed by atoms with van der Waals surface area (Å²) in [5.41, 5.74) is 1.48. The standard InChI is InChI=1S/C20H16N4O2/c1-20(15-7-3-2-4-8-15)18(25)24(19(26)22-20)13-14-12-23-10-6-5-9-17(23)16(14)11-21/h2-10,12H,13H2,1H3,(H,22,26). The molecule has 2 aromatic heterocycles. The number of hydrogen-bond donors (Lipinski definition) is 1. The molecule has 0 spiro atoms. The van der Waals surface area contributed by atoms with Crippen molar-refractivity contribution in [1.29, 1.82) is 5.26 Å². The summed E-state index contributed by atoms with van der Waals surface area (Å²) in [4.78, 5) is 26.7. The number of nitrogens with one attached hydrogen (secondary N) is 1. The third-order valence-corrected chi connectivity index (χ3v) is 4.83. The van der Waals surface area contributed by atoms with Gasteiger partial charge in [0.2, 0.25) is 0 Å². The van der Waals surface area contributed by atoms with Gasteiger partial charge in [0, 0.05) is 18.0 Å². The Morgan fingerprint density at radius 3 is 2.58 bits per heavy atom. The number of pyridine rings is 1. The number of hydrogen-bond acceptors (Lipinski definition) is 3. The minimum absolute atomic E-state index is 0.0532. The molecule has 1 aliphatic rings. The maximum atomic E-state index is 13.0. The van der Waals surface area contributed by atoms with E-state index in [1.807, 2.05) is 59.1 Å². The molecule has 0 bridgehead atoms. The van der Waals surface area contributed by atoms with Gasteiger partial charge in [0.1, 0.15) is 11.6 Å². The van der Waals surface area contributed by atoms with E-state index in [4.69, 9.17) is 0 Å². The molecule has 3 aromatic rings. The first-order chi connectivity index (χ1) is 12.5. The molecule has 6 heteroatoms. The van der Waals surface area contributed by atoms with Crippen LogP contribution in [-0.2, 0) is 16.9 Å². The lowest BCUT2D eigenvalue weighted by Gasteiger charge is -2.22. The summed E-state index contributed by atoms with van der Waals surface area (Å²) in [6.07, 6.45) is 3.62. The monoisotopic (exact) mass is 344 g/mol. The normalized spacial score (nSPS) is 19.6. The van der Waals surface area contributed by atoms with Gasteiger partial charge in [-0.2, -0.15) is 5.26 Å². The minimum atomic E-state index is -1.11. The zero-order chi connectivity index (χ0) is 18.3. The molecule has 3 heterocycles. The van der Waals surface area contributed by atoms with Gasteiger partial charge < -0.3 is 9.72 Å². The highest BCUT2D eigenvalue weighted by molar-refractivity contribution is 6.07. The summed E-state index contributed by atoms with van der Waals surface area (Å²) in [6, 6.07) is 16.4. The Morgan fingerprint density at radius 1 is 1.12 bits per heavy atom. The molecule has 1 aromatic carbocycles. The number of urea groups is 1. The Bertz CT molecular complexity index is 1060. The van der Waals surface area contributed by atoms with Crippen LogP contribution in [0.3, 0.4) is 0 Å². The summed E-state index contributed by atoms with van der Waals surface area (Å²) in [5.74, 6) is -0.326. The maximum Gasteiger partial charge on any atom is 0.325 e. The van der Waals surface area contributed by atoms with Gasteiger partial charge in [-0.05, 0) is 24.6 Å². The Morgan fingerprint density at radius 2 is 1.85 bits per heavy atom. The molecule has 1 unspecified atom stereocenters. The molecule has 1 saturated heterocycles. The third kappa shape index (κ3) is 2.25. The van der Waals surface area contributed by atoms with Crippen molar-refractivity contribution in [3.63, 3.8) is 0 Å². The first-order valence-corrected chi connectivity index (χ1v) is 8.23. The van der Waals surface area contributed by atoms with Crippen LogP contribution >= 0.6 is 0 Å². The molecule has 4 rings (SSSR count). The van der Waals surface area contributed by atoms with Gasteiger partial charge in [0.25, 0.3) is 5.91 Å². The number of nitriles is 1. The van der Waals surface area contributed by atoms with Gasteiger partial charge in [-0.3, -0.25) is 9.69 Å². The molecule has 0 aliphatic carbocycles. The van der Waals surface area contributed by atoms with E-state index in [2.05, 4.69) is 11.4 Å². The van der Waals surface area contributed by atoms with Crippen LogP contribution in [-0.4, -0.2) is 21.2 Å². The number of aromatic nitrogens is 1. The zero-order valence-electron chi connectivity index (χ0n) is 14.1. The fourth-order valence-electron chi connectivity index (χ4n) is 3.40. The number of amides is 3. The van der Waals surface area contributed by atoms with E-state index in [0.29, 0.717) is 11.1 Å². The SMILES string of the molecule is CC1(c2ccccc2)NC(=O)N(Cc2cn3ccccc3c2C#N)C1=O. The van der Waals surface area contributed by atoms with Crippen molar-refractivity contribution in [3.05, 3.63) is 77.6 Å². The smallest absolute Gasteiger partial charge is 0.322 e. The van der Waals surface area contributed by atoms with Crippen molar-refractivity contribution in [2.45, 2.75) is 19.0 Å². The van der Waals surface area contributed by atoms with Gasteiger partial charge in [-0.1, -0.05) is 36.4 Å². The van der Waals surface area contributed by atoms with Crippen molar-refractivity contribution in [2.75, 3.05) is 0 Å². The van der Waals surface area contributed by atoms with Gasteiger partial charge in [0.05, 0.1) is 17.6 Å². The van der Waals surface area contributed by atoms with Crippen LogP contribution < -0.4 is 5.32 Å². The van der Waals surface area contributed by atoms with E-state index < -0.39 is 11.6 Å². The largest absolute Gasteiger partial charge is 0.325 e. The first kappa shape index (κ1) is 15.9. The first-order valence-electron chi connectivity index (χ1n) is 8.23. The number of imide groups is 1. The van der Waals surface area contributed by atoms with Crippen LogP contribution in [0.2, 0.25) is 0 Å². The number of benzene rings is 1. The lowest BCUT2D eigenvalue weighted by Crippen LogP contribution is -2.40. The van der Waals surface area contributed by atoms with E-state index in [1.54, 1.807) is 13.1 Å². The lowest BCUT2D eigenvalue weighted by atomic mass is 9.92. The van der Waals surface area contributed by atoms with Gasteiger partial charge >= 0.3 is 6.03 Å². The van der Waals surface area contributed by atoms with Crippen LogP contribution in [0.5, 0.6) is 0 Å². The molecular weight excluding hydrogens is 328 g/mol. The van der Waals surface area contributed by atoms with Crippen LogP contribution in [0, 0.1) is 11.3 Å². The molecular formula is C20H16N4O2. The van der Waals surface area contributed by atoms with E-state index >= 15 is 0 Å². The highest BCUT2D eigenvalue weighted by atomic mass is 16.2. The van der Waals surface area contributed by atoms with E-state index in [-0.39, 0.29) is 12.5 Å². The fourth-order valence-corrected chi connectivity index (χ4v) is 3.40. The molecule has 1 fully saturated rings. The van der Waals surface area contributed by atoms with Gasteiger partial charge in [-0.25, -0.2) is 4.79 Å². The Hall–Kier alpha value is -3.59. The summed E-state index contributed by atoms with van der Waals surface area (Å²) in [6.45, 7) is 1.75. The predicted molar refractivity (Wildman–Crippen MR) is 95.0 cm³/mol. The lowest BCUT2D eigenvalue weighted by molar-refractivity contribution is -0.131. The molecule has 1 aliphatic heterocycles. The third-order valence-electron chi connectivity index (χ3n) is 4.83. The molecule has 0 saturated carbocycles. The Kier molecular flexibility index (Phi) is 3.51. The van der Waals surface area contributed by atoms with Crippen LogP contribution in [0.15, 0.2) is 60.9 Å². The van der Waals surface area contributed by atoms with Gasteiger partial charge in [-0.15, -0.1) is 0 Å². The summed E-state index contributed by atoms with van der Waals surface area (Å²) >= 11 is 0. The number of carbonyl (C=O) groups is 2. The maximum absolute atomic E-state index is 13.0. The topological polar surface area (TPSA) is 77.6 Å². The van der Waals surface area contributed by atoms with Gasteiger partial charge in [0.15, 0.2) is 0 Å². The van der Waals surface area contributed by atoms with Crippen molar-refractivity contribution in [3.8, 4) is 6.07 Å². The van der Waals surface area contributed by atoms with E-state index in [1.165, 1.54) is 4.90 Å². The van der Waals surface area contributed by atoms with Crippen molar-refractivity contribution < 1.29 is 9.59 Å². The highest BCUT2D eigenvalue weighted by Crippen LogP contribution is 2.30. The molecule has 6 nitrogen and oxygen atoms in total. The average Bonchev–Trinajstić information content (AvgIpc) is 3.12. The predicted octanol–water partition coefficient (Wildman–Crippen LogP) is 2.78. The number of fused-ring (bicyclic) bond motifs is 1. The van der Waals surface area contributed by atoms with E-state index in [9.17, 15) is 14.9 Å². The summed E-state index contributed by atoms with van der Waals surface area (Å²) in [7, 11) is 0. The van der Waals surface area contributed by atoms with E-state index in [0.717, 1.165) is 11.1 Å². The Balaban J connectivity index is 1.71. The second-order valence-corrected chi connectivity index (χ2v) is 6.45. The summed E-state index contributed by atoms with van der Waals surface area (Å²) < 4.78 is 1.82. The number of nitrogens with zero attached hydrogens (tertiary/aromatic N) is 3. The molecule has 1 atom stereocenters. The highest BCUT2D eigenvalue weighted by Gasteiger charge is 2.49. The second-order valence-electron chi connectivity index (χ2n) is 6.45. The molecule has 0 radical (unpaired) electrons. The van der Waals surface area contributed by atoms with Crippen LogP contribution in [0.25, 0.3) is 5.52 Å². The average molecular weight is 344 g/mol.